The van der Waals surface area contributed by atoms with Crippen molar-refractivity contribution < 1.29 is 14.5 Å². The molecule has 3 amide bonds. The lowest BCUT2D eigenvalue weighted by atomic mass is 10.1. The van der Waals surface area contributed by atoms with E-state index in [2.05, 4.69) is 9.97 Å². The Morgan fingerprint density at radius 2 is 2.00 bits per heavy atom. The maximum atomic E-state index is 12.6. The van der Waals surface area contributed by atoms with Gasteiger partial charge in [0.25, 0.3) is 5.69 Å². The molecule has 1 aliphatic heterocycles. The van der Waals surface area contributed by atoms with Crippen LogP contribution in [0.5, 0.6) is 0 Å². The molecule has 1 atom stereocenters. The normalized spacial score (nSPS) is 16.0. The maximum Gasteiger partial charge on any atom is 0.327 e. The van der Waals surface area contributed by atoms with Crippen molar-refractivity contribution in [2.24, 2.45) is 0 Å². The second kappa shape index (κ2) is 8.12. The average Bonchev–Trinajstić information content (AvgIpc) is 2.66. The summed E-state index contributed by atoms with van der Waals surface area (Å²) in [6.45, 7) is 0.252. The number of hydrogen-bond donors (Lipinski definition) is 0. The molecule has 1 aromatic heterocycles. The number of benzene rings is 1. The summed E-state index contributed by atoms with van der Waals surface area (Å²) >= 11 is 1.40. The van der Waals surface area contributed by atoms with Crippen LogP contribution < -0.4 is 0 Å². The summed E-state index contributed by atoms with van der Waals surface area (Å²) < 4.78 is 0. The van der Waals surface area contributed by atoms with Gasteiger partial charge in [-0.05, 0) is 11.6 Å². The van der Waals surface area contributed by atoms with Crippen molar-refractivity contribution in [3.05, 3.63) is 58.4 Å². The van der Waals surface area contributed by atoms with Gasteiger partial charge in [0, 0.05) is 50.3 Å². The number of carbonyl (C=O) groups is 2. The Labute approximate surface area is 159 Å². The zero-order valence-electron chi connectivity index (χ0n) is 14.5. The third-order valence-electron chi connectivity index (χ3n) is 4.09. The van der Waals surface area contributed by atoms with E-state index in [-0.39, 0.29) is 30.2 Å². The molecule has 2 heterocycles. The molecule has 1 aromatic carbocycles. The number of urea groups is 1. The van der Waals surface area contributed by atoms with Crippen LogP contribution in [0.15, 0.2) is 47.9 Å². The van der Waals surface area contributed by atoms with Crippen LogP contribution in [0.3, 0.4) is 0 Å². The molecule has 1 fully saturated rings. The number of likely N-dealkylation sites (tertiary alicyclic amines) is 1. The number of amides is 3. The van der Waals surface area contributed by atoms with Gasteiger partial charge in [-0.3, -0.25) is 19.8 Å². The highest BCUT2D eigenvalue weighted by Gasteiger charge is 2.42. The highest BCUT2D eigenvalue weighted by Crippen LogP contribution is 2.27. The van der Waals surface area contributed by atoms with Crippen LogP contribution in [0, 0.1) is 10.1 Å². The van der Waals surface area contributed by atoms with Crippen LogP contribution in [-0.2, 0) is 11.3 Å². The number of nitrogens with zero attached hydrogens (tertiary/aromatic N) is 5. The molecule has 0 spiro atoms. The number of thioether (sulfide) groups is 1. The fraction of sp³-hybridized carbons (Fsp3) is 0.294. The van der Waals surface area contributed by atoms with Crippen LogP contribution in [0.2, 0.25) is 0 Å². The number of rotatable bonds is 6. The van der Waals surface area contributed by atoms with E-state index in [0.29, 0.717) is 17.3 Å². The first-order valence-electron chi connectivity index (χ1n) is 8.16. The minimum absolute atomic E-state index is 0.00845. The summed E-state index contributed by atoms with van der Waals surface area (Å²) in [5, 5.41) is 11.3. The van der Waals surface area contributed by atoms with Crippen LogP contribution in [-0.4, -0.2) is 55.5 Å². The van der Waals surface area contributed by atoms with Gasteiger partial charge in [-0.25, -0.2) is 14.8 Å². The number of hydrogen-bond acceptors (Lipinski definition) is 7. The Morgan fingerprint density at radius 1 is 1.33 bits per heavy atom. The fourth-order valence-corrected chi connectivity index (χ4v) is 3.54. The highest BCUT2D eigenvalue weighted by molar-refractivity contribution is 7.99. The van der Waals surface area contributed by atoms with Crippen LogP contribution in [0.25, 0.3) is 0 Å². The van der Waals surface area contributed by atoms with Crippen molar-refractivity contribution in [1.82, 2.24) is 19.8 Å². The molecule has 0 saturated carbocycles. The summed E-state index contributed by atoms with van der Waals surface area (Å²) in [5.74, 6) is 0.322. The molecule has 0 radical (unpaired) electrons. The molecule has 3 rings (SSSR count). The molecule has 0 aliphatic carbocycles. The molecular weight excluding hydrogens is 370 g/mol. The van der Waals surface area contributed by atoms with Crippen molar-refractivity contribution in [2.45, 2.75) is 24.2 Å². The second-order valence-corrected chi connectivity index (χ2v) is 7.01. The van der Waals surface area contributed by atoms with Gasteiger partial charge in [-0.2, -0.15) is 0 Å². The van der Waals surface area contributed by atoms with Gasteiger partial charge < -0.3 is 4.90 Å². The Bertz CT molecular complexity index is 846. The third-order valence-corrected chi connectivity index (χ3v) is 5.11. The highest BCUT2D eigenvalue weighted by atomic mass is 32.2. The topological polar surface area (TPSA) is 110 Å². The SMILES string of the molecule is CN(Cc1ccc([N+](=O)[O-])cc1)C(=O)N1C(=O)C[C@@H]1CSc1ncccn1. The predicted octanol–water partition coefficient (Wildman–Crippen LogP) is 2.33. The van der Waals surface area contributed by atoms with Gasteiger partial charge in [0.1, 0.15) is 0 Å². The van der Waals surface area contributed by atoms with E-state index in [4.69, 9.17) is 0 Å². The smallest absolute Gasteiger partial charge is 0.323 e. The van der Waals surface area contributed by atoms with E-state index in [1.54, 1.807) is 37.6 Å². The molecule has 9 nitrogen and oxygen atoms in total. The lowest BCUT2D eigenvalue weighted by molar-refractivity contribution is -0.384. The van der Waals surface area contributed by atoms with Crippen LogP contribution in [0.4, 0.5) is 10.5 Å². The molecule has 1 aliphatic rings. The zero-order chi connectivity index (χ0) is 19.4. The largest absolute Gasteiger partial charge is 0.327 e. The number of non-ortho nitro benzene ring substituents is 1. The van der Waals surface area contributed by atoms with E-state index in [1.807, 2.05) is 0 Å². The van der Waals surface area contributed by atoms with Gasteiger partial charge in [0.2, 0.25) is 5.91 Å². The molecule has 1 saturated heterocycles. The first-order chi connectivity index (χ1) is 13.0. The van der Waals surface area contributed by atoms with E-state index >= 15 is 0 Å². The fourth-order valence-electron chi connectivity index (χ4n) is 2.66. The van der Waals surface area contributed by atoms with Crippen molar-refractivity contribution >= 4 is 29.4 Å². The van der Waals surface area contributed by atoms with Crippen molar-refractivity contribution in [3.8, 4) is 0 Å². The van der Waals surface area contributed by atoms with Crippen molar-refractivity contribution in [2.75, 3.05) is 12.8 Å². The van der Waals surface area contributed by atoms with E-state index in [0.717, 1.165) is 5.56 Å². The molecule has 10 heteroatoms. The Balaban J connectivity index is 1.57. The zero-order valence-corrected chi connectivity index (χ0v) is 15.3. The summed E-state index contributed by atoms with van der Waals surface area (Å²) in [4.78, 5) is 45.7. The standard InChI is InChI=1S/C17H17N5O4S/c1-20(10-12-3-5-13(6-4-12)22(25)26)17(24)21-14(9-15(21)23)11-27-16-18-7-2-8-19-16/h2-8,14H,9-11H2,1H3/t14-/m1/s1. The van der Waals surface area contributed by atoms with Crippen molar-refractivity contribution in [1.29, 1.82) is 0 Å². The first-order valence-corrected chi connectivity index (χ1v) is 9.14. The molecule has 27 heavy (non-hydrogen) atoms. The number of aromatic nitrogens is 2. The quantitative estimate of drug-likeness (QED) is 0.246. The van der Waals surface area contributed by atoms with Crippen LogP contribution in [0.1, 0.15) is 12.0 Å². The molecular formula is C17H17N5O4S. The minimum Gasteiger partial charge on any atom is -0.323 e. The van der Waals surface area contributed by atoms with Gasteiger partial charge in [0.15, 0.2) is 5.16 Å². The monoisotopic (exact) mass is 387 g/mol. The van der Waals surface area contributed by atoms with Crippen molar-refractivity contribution in [3.63, 3.8) is 0 Å². The van der Waals surface area contributed by atoms with Gasteiger partial charge >= 0.3 is 6.03 Å². The molecule has 0 bridgehead atoms. The lowest BCUT2D eigenvalue weighted by Crippen LogP contribution is -2.59. The summed E-state index contributed by atoms with van der Waals surface area (Å²) in [6.07, 6.45) is 3.60. The number of β-lactam (4-membered cyclic amide) rings is 1. The lowest BCUT2D eigenvalue weighted by Gasteiger charge is -2.40. The molecule has 140 valence electrons. The molecule has 0 N–H and O–H groups in total. The van der Waals surface area contributed by atoms with Crippen LogP contribution >= 0.6 is 11.8 Å². The Morgan fingerprint density at radius 3 is 2.59 bits per heavy atom. The van der Waals surface area contributed by atoms with E-state index in [9.17, 15) is 19.7 Å². The Kier molecular flexibility index (Phi) is 5.65. The maximum absolute atomic E-state index is 12.6. The molecule has 0 unspecified atom stereocenters. The third kappa shape index (κ3) is 4.40. The number of nitro groups is 1. The first kappa shape index (κ1) is 18.8. The van der Waals surface area contributed by atoms with E-state index < -0.39 is 4.92 Å². The summed E-state index contributed by atoms with van der Waals surface area (Å²) in [5.41, 5.74) is 0.735. The van der Waals surface area contributed by atoms with Gasteiger partial charge in [-0.15, -0.1) is 0 Å². The molecule has 2 aromatic rings. The average molecular weight is 387 g/mol. The minimum atomic E-state index is -0.476. The van der Waals surface area contributed by atoms with Gasteiger partial charge in [-0.1, -0.05) is 23.9 Å². The Hall–Kier alpha value is -3.01. The summed E-state index contributed by atoms with van der Waals surface area (Å²) in [7, 11) is 1.60. The second-order valence-electron chi connectivity index (χ2n) is 6.03. The summed E-state index contributed by atoms with van der Waals surface area (Å²) in [6, 6.07) is 7.12. The number of imide groups is 1. The predicted molar refractivity (Wildman–Crippen MR) is 98.0 cm³/mol. The number of nitro benzene ring substituents is 1. The van der Waals surface area contributed by atoms with Gasteiger partial charge in [0.05, 0.1) is 11.0 Å². The van der Waals surface area contributed by atoms with E-state index in [1.165, 1.54) is 33.7 Å². The number of carbonyl (C=O) groups excluding carboxylic acids is 2.